The number of rotatable bonds is 14. The predicted octanol–water partition coefficient (Wildman–Crippen LogP) is 35.9. The fourth-order valence-corrected chi connectivity index (χ4v) is 20.5. The van der Waals surface area contributed by atoms with Gasteiger partial charge < -0.3 is 0 Å². The molecule has 6 nitrogen and oxygen atoms in total. The van der Waals surface area contributed by atoms with Crippen molar-refractivity contribution in [3.05, 3.63) is 521 Å². The maximum Gasteiger partial charge on any atom is 0.145 e. The van der Waals surface area contributed by atoms with Crippen molar-refractivity contribution in [3.8, 4) is 140 Å². The van der Waals surface area contributed by atoms with Crippen molar-refractivity contribution in [3.63, 3.8) is 0 Å². The fourth-order valence-electron chi connectivity index (χ4n) is 20.5. The Bertz CT molecular complexity index is 8950. The SMILES string of the molecule is C.C.Cc1ccc2c(-c3ccccc3)c3ccccc3c(-c3ccc(-n4c(-c5ccccc5)nc5ccccc54)cc3)c2c1.c1ccc(-c2ccc(-c3c4ccccc4c(-c4ccccc4)c4cc(-c5nc6ccccc6n5-c5ccccc5)ccc34)cc2)cc1.c1ccc(-c2ccc3c(-c4ccccc4)c4ccccc4c(-c4ccc(-n5c(-c6ccccc6)nc6ccccc65)cc4)c3c2)cc1. The van der Waals surface area contributed by atoms with Crippen LogP contribution < -0.4 is 0 Å². The largest absolute Gasteiger partial charge is 0.292 e. The molecule has 654 valence electrons. The molecular formula is C132H96N6. The van der Waals surface area contributed by atoms with E-state index < -0.39 is 0 Å². The van der Waals surface area contributed by atoms with E-state index in [0.29, 0.717) is 0 Å². The van der Waals surface area contributed by atoms with Gasteiger partial charge in [-0.1, -0.05) is 451 Å². The summed E-state index contributed by atoms with van der Waals surface area (Å²) in [4.78, 5) is 15.3. The van der Waals surface area contributed by atoms with Crippen LogP contribution in [0.5, 0.6) is 0 Å². The monoisotopic (exact) mass is 1760 g/mol. The molecule has 0 amide bonds. The van der Waals surface area contributed by atoms with Crippen LogP contribution in [0.2, 0.25) is 0 Å². The van der Waals surface area contributed by atoms with Crippen molar-refractivity contribution < 1.29 is 0 Å². The Morgan fingerprint density at radius 1 is 0.145 bits per heavy atom. The number of aromatic nitrogens is 6. The molecule has 0 unspecified atom stereocenters. The van der Waals surface area contributed by atoms with Crippen LogP contribution in [0.4, 0.5) is 0 Å². The average molecular weight is 1770 g/mol. The van der Waals surface area contributed by atoms with Crippen LogP contribution >= 0.6 is 0 Å². The molecule has 3 heterocycles. The fraction of sp³-hybridized carbons (Fsp3) is 0.0227. The third kappa shape index (κ3) is 15.7. The van der Waals surface area contributed by atoms with E-state index in [-0.39, 0.29) is 14.9 Å². The Kier molecular flexibility index (Phi) is 23.1. The molecule has 26 rings (SSSR count). The van der Waals surface area contributed by atoms with Gasteiger partial charge in [0.05, 0.1) is 33.1 Å². The van der Waals surface area contributed by atoms with Gasteiger partial charge in [-0.15, -0.1) is 0 Å². The molecule has 0 saturated heterocycles. The van der Waals surface area contributed by atoms with Crippen LogP contribution in [0.15, 0.2) is 516 Å². The lowest BCUT2D eigenvalue weighted by Gasteiger charge is -2.19. The van der Waals surface area contributed by atoms with E-state index in [4.69, 9.17) is 15.0 Å². The van der Waals surface area contributed by atoms with Crippen molar-refractivity contribution in [2.45, 2.75) is 21.8 Å². The van der Waals surface area contributed by atoms with Gasteiger partial charge in [0.2, 0.25) is 0 Å². The minimum atomic E-state index is 0. The highest BCUT2D eigenvalue weighted by atomic mass is 15.1. The lowest BCUT2D eigenvalue weighted by molar-refractivity contribution is 1.10. The summed E-state index contributed by atoms with van der Waals surface area (Å²) in [7, 11) is 0. The molecule has 0 bridgehead atoms. The molecule has 0 fully saturated rings. The quantitative estimate of drug-likeness (QED) is 0.102. The van der Waals surface area contributed by atoms with E-state index in [1.165, 1.54) is 159 Å². The summed E-state index contributed by atoms with van der Waals surface area (Å²) in [5.41, 5.74) is 33.7. The van der Waals surface area contributed by atoms with Gasteiger partial charge in [-0.2, -0.15) is 0 Å². The number of hydrogen-bond donors (Lipinski definition) is 0. The first-order valence-electron chi connectivity index (χ1n) is 46.5. The first-order valence-corrected chi connectivity index (χ1v) is 46.5. The van der Waals surface area contributed by atoms with E-state index in [1.807, 2.05) is 12.1 Å². The van der Waals surface area contributed by atoms with E-state index in [9.17, 15) is 0 Å². The molecule has 0 radical (unpaired) electrons. The minimum absolute atomic E-state index is 0. The van der Waals surface area contributed by atoms with Crippen molar-refractivity contribution >= 4 is 97.7 Å². The van der Waals surface area contributed by atoms with Crippen molar-refractivity contribution in [1.82, 2.24) is 28.7 Å². The van der Waals surface area contributed by atoms with Gasteiger partial charge >= 0.3 is 0 Å². The number of aryl methyl sites for hydroxylation is 1. The molecule has 26 aromatic rings. The second kappa shape index (κ2) is 37.2. The normalized spacial score (nSPS) is 11.3. The molecule has 138 heavy (non-hydrogen) atoms. The summed E-state index contributed by atoms with van der Waals surface area (Å²) in [6.45, 7) is 2.18. The van der Waals surface area contributed by atoms with Crippen LogP contribution in [0.1, 0.15) is 20.4 Å². The van der Waals surface area contributed by atoms with E-state index in [1.54, 1.807) is 0 Å². The van der Waals surface area contributed by atoms with Crippen molar-refractivity contribution in [2.24, 2.45) is 0 Å². The van der Waals surface area contributed by atoms with Gasteiger partial charge in [-0.05, 0) is 246 Å². The molecule has 0 aliphatic carbocycles. The predicted molar refractivity (Wildman–Crippen MR) is 586 cm³/mol. The molecule has 0 atom stereocenters. The number of hydrogen-bond acceptors (Lipinski definition) is 3. The zero-order chi connectivity index (χ0) is 90.4. The maximum absolute atomic E-state index is 5.21. The Hall–Kier alpha value is -18.0. The number of nitrogens with zero attached hydrogens (tertiary/aromatic N) is 6. The molecular weight excluding hydrogens is 1670 g/mol. The van der Waals surface area contributed by atoms with E-state index in [0.717, 1.165) is 84.3 Å². The zero-order valence-electron chi connectivity index (χ0n) is 74.8. The van der Waals surface area contributed by atoms with Crippen molar-refractivity contribution in [2.75, 3.05) is 0 Å². The summed E-state index contributed by atoms with van der Waals surface area (Å²) in [5.74, 6) is 2.82. The molecule has 6 heteroatoms. The second-order valence-electron chi connectivity index (χ2n) is 34.8. The molecule has 0 spiro atoms. The summed E-state index contributed by atoms with van der Waals surface area (Å²) in [6, 6.07) is 184. The summed E-state index contributed by atoms with van der Waals surface area (Å²) in [5, 5.41) is 15.0. The lowest BCUT2D eigenvalue weighted by Crippen LogP contribution is -1.98. The standard InChI is InChI=1S/2C45H30N2.C40H28N2.2CH4/c1-4-14-31(15-5-1)35-26-29-39-40(30-35)44(38-21-11-10-20-37(38)43(39)32-16-6-2-7-17-32)33-24-27-36(28-25-33)47-42-23-13-12-22-41(42)46-45(47)34-18-8-3-9-19-34;1-4-14-31(15-5-1)32-24-26-34(27-25-32)43-37-20-10-11-21-38(37)44(33-16-6-2-7-17-33)40-30-35(28-29-39(40)43)45-46-41-22-12-13-23-42(41)47(45)36-18-8-3-9-19-36;1-27-20-25-34-35(26-27)39(33-17-9-8-16-32(33)38(34)28-12-4-2-5-13-28)29-21-23-31(24-22-29)42-37-19-11-10-18-36(37)41-40(42)30-14-6-3-7-15-30;;/h2*1-30H;2-26H,1H3;2*1H4. The second-order valence-corrected chi connectivity index (χ2v) is 34.8. The third-order valence-electron chi connectivity index (χ3n) is 26.6. The summed E-state index contributed by atoms with van der Waals surface area (Å²) in [6.07, 6.45) is 0. The third-order valence-corrected chi connectivity index (χ3v) is 26.6. The summed E-state index contributed by atoms with van der Waals surface area (Å²) < 4.78 is 6.83. The number of para-hydroxylation sites is 7. The molecule has 0 aliphatic heterocycles. The van der Waals surface area contributed by atoms with Crippen LogP contribution in [-0.2, 0) is 0 Å². The highest BCUT2D eigenvalue weighted by Crippen LogP contribution is 2.50. The lowest BCUT2D eigenvalue weighted by atomic mass is 9.85. The first kappa shape index (κ1) is 85.5. The molecule has 0 saturated carbocycles. The topological polar surface area (TPSA) is 53.5 Å². The number of fused-ring (bicyclic) bond motifs is 9. The minimum Gasteiger partial charge on any atom is -0.292 e. The smallest absolute Gasteiger partial charge is 0.145 e. The molecule has 23 aromatic carbocycles. The first-order chi connectivity index (χ1) is 67.4. The van der Waals surface area contributed by atoms with Crippen LogP contribution in [-0.4, -0.2) is 28.7 Å². The van der Waals surface area contributed by atoms with Gasteiger partial charge in [0.1, 0.15) is 17.5 Å². The molecule has 0 aliphatic rings. The Morgan fingerprint density at radius 2 is 0.348 bits per heavy atom. The van der Waals surface area contributed by atoms with Crippen LogP contribution in [0.25, 0.3) is 238 Å². The van der Waals surface area contributed by atoms with Crippen LogP contribution in [0.3, 0.4) is 0 Å². The highest BCUT2D eigenvalue weighted by Gasteiger charge is 2.26. The highest BCUT2D eigenvalue weighted by molar-refractivity contribution is 6.25. The van der Waals surface area contributed by atoms with E-state index in [2.05, 4.69) is 524 Å². The Morgan fingerprint density at radius 3 is 0.696 bits per heavy atom. The van der Waals surface area contributed by atoms with Gasteiger partial charge in [0.15, 0.2) is 0 Å². The van der Waals surface area contributed by atoms with Gasteiger partial charge in [-0.3, -0.25) is 13.7 Å². The van der Waals surface area contributed by atoms with Crippen LogP contribution in [0, 0.1) is 6.92 Å². The van der Waals surface area contributed by atoms with E-state index >= 15 is 0 Å². The zero-order valence-corrected chi connectivity index (χ0v) is 74.8. The number of imidazole rings is 3. The number of benzene rings is 23. The van der Waals surface area contributed by atoms with Crippen molar-refractivity contribution in [1.29, 1.82) is 0 Å². The molecule has 3 aromatic heterocycles. The Balaban J connectivity index is 0.000000119. The van der Waals surface area contributed by atoms with Gasteiger partial charge in [0.25, 0.3) is 0 Å². The summed E-state index contributed by atoms with van der Waals surface area (Å²) >= 11 is 0. The van der Waals surface area contributed by atoms with Gasteiger partial charge in [0, 0.05) is 33.8 Å². The molecule has 0 N–H and O–H groups in total. The Labute approximate surface area is 804 Å². The maximum atomic E-state index is 5.21. The average Bonchev–Trinajstić information content (AvgIpc) is 1.73. The van der Waals surface area contributed by atoms with Gasteiger partial charge in [-0.25, -0.2) is 15.0 Å².